The molecule has 1 atom stereocenters. The molecule has 28 heavy (non-hydrogen) atoms. The monoisotopic (exact) mass is 403 g/mol. The molecular formula is C21H26FN3O2S. The second kappa shape index (κ2) is 8.82. The molecule has 1 aromatic heterocycles. The summed E-state index contributed by atoms with van der Waals surface area (Å²) in [5, 5.41) is 3.88. The predicted molar refractivity (Wildman–Crippen MR) is 109 cm³/mol. The lowest BCUT2D eigenvalue weighted by Crippen LogP contribution is -2.38. The number of hydrogen-bond acceptors (Lipinski definition) is 4. The molecule has 1 fully saturated rings. The van der Waals surface area contributed by atoms with E-state index in [0.717, 1.165) is 59.9 Å². The molecule has 5 nitrogen and oxygen atoms in total. The van der Waals surface area contributed by atoms with Gasteiger partial charge in [-0.25, -0.2) is 9.37 Å². The maximum Gasteiger partial charge on any atom is 0.254 e. The van der Waals surface area contributed by atoms with Crippen LogP contribution in [0.4, 0.5) is 4.39 Å². The standard InChI is InChI=1S/C21H26FN3O2S/c1-13(10-16-6-8-25(12-26)9-7-16)23-21(27)18-11-17(4-5-19(18)22)20-14(2)24-15(3)28-20/h4-5,11-13,16H,6-10H2,1-3H3,(H,23,27)/t13-/m0/s1. The third-order valence-electron chi connectivity index (χ3n) is 5.24. The highest BCUT2D eigenvalue weighted by atomic mass is 32.1. The molecule has 0 spiro atoms. The number of carbonyl (C=O) groups is 2. The van der Waals surface area contributed by atoms with Crippen molar-refractivity contribution >= 4 is 23.7 Å². The molecule has 150 valence electrons. The van der Waals surface area contributed by atoms with Crippen LogP contribution in [0.25, 0.3) is 10.4 Å². The van der Waals surface area contributed by atoms with Crippen LogP contribution in [0.15, 0.2) is 18.2 Å². The molecule has 1 aliphatic rings. The zero-order chi connectivity index (χ0) is 20.3. The minimum Gasteiger partial charge on any atom is -0.349 e. The van der Waals surface area contributed by atoms with Crippen molar-refractivity contribution in [3.05, 3.63) is 40.3 Å². The molecular weight excluding hydrogens is 377 g/mol. The van der Waals surface area contributed by atoms with E-state index in [1.165, 1.54) is 17.4 Å². The average molecular weight is 404 g/mol. The lowest BCUT2D eigenvalue weighted by atomic mass is 9.91. The van der Waals surface area contributed by atoms with Crippen LogP contribution in [0, 0.1) is 25.6 Å². The number of nitrogens with one attached hydrogen (secondary N) is 1. The van der Waals surface area contributed by atoms with Crippen LogP contribution in [0.5, 0.6) is 0 Å². The summed E-state index contributed by atoms with van der Waals surface area (Å²) in [6.45, 7) is 7.32. The number of halogens is 1. The molecule has 0 radical (unpaired) electrons. The minimum absolute atomic E-state index is 0.0595. The van der Waals surface area contributed by atoms with Gasteiger partial charge in [0.25, 0.3) is 5.91 Å². The summed E-state index contributed by atoms with van der Waals surface area (Å²) in [6, 6.07) is 4.59. The van der Waals surface area contributed by atoms with E-state index >= 15 is 0 Å². The molecule has 2 aromatic rings. The maximum atomic E-state index is 14.3. The summed E-state index contributed by atoms with van der Waals surface area (Å²) in [4.78, 5) is 30.6. The zero-order valence-electron chi connectivity index (χ0n) is 16.5. The third kappa shape index (κ3) is 4.76. The molecule has 1 saturated heterocycles. The quantitative estimate of drug-likeness (QED) is 0.743. The predicted octanol–water partition coefficient (Wildman–Crippen LogP) is 3.94. The molecule has 0 unspecified atom stereocenters. The van der Waals surface area contributed by atoms with Gasteiger partial charge >= 0.3 is 0 Å². The largest absolute Gasteiger partial charge is 0.349 e. The second-order valence-corrected chi connectivity index (χ2v) is 8.74. The molecule has 1 N–H and O–H groups in total. The van der Waals surface area contributed by atoms with E-state index in [-0.39, 0.29) is 11.6 Å². The van der Waals surface area contributed by atoms with E-state index in [1.807, 2.05) is 20.8 Å². The summed E-state index contributed by atoms with van der Waals surface area (Å²) < 4.78 is 14.3. The number of piperidine rings is 1. The van der Waals surface area contributed by atoms with Crippen LogP contribution >= 0.6 is 11.3 Å². The van der Waals surface area contributed by atoms with Gasteiger partial charge in [0, 0.05) is 19.1 Å². The number of aromatic nitrogens is 1. The van der Waals surface area contributed by atoms with Crippen molar-refractivity contribution in [2.45, 2.75) is 46.1 Å². The van der Waals surface area contributed by atoms with Gasteiger partial charge in [-0.15, -0.1) is 11.3 Å². The topological polar surface area (TPSA) is 62.3 Å². The fourth-order valence-corrected chi connectivity index (χ4v) is 4.71. The van der Waals surface area contributed by atoms with Crippen LogP contribution in [0.3, 0.4) is 0 Å². The van der Waals surface area contributed by atoms with Crippen LogP contribution in [0.1, 0.15) is 47.2 Å². The third-order valence-corrected chi connectivity index (χ3v) is 6.36. The van der Waals surface area contributed by atoms with Gasteiger partial charge in [-0.05, 0) is 63.6 Å². The van der Waals surface area contributed by atoms with Gasteiger partial charge in [0.15, 0.2) is 0 Å². The van der Waals surface area contributed by atoms with Crippen molar-refractivity contribution in [3.63, 3.8) is 0 Å². The average Bonchev–Trinajstić information content (AvgIpc) is 3.00. The van der Waals surface area contributed by atoms with Gasteiger partial charge < -0.3 is 10.2 Å². The van der Waals surface area contributed by atoms with Gasteiger partial charge in [0.2, 0.25) is 6.41 Å². The normalized spacial score (nSPS) is 16.1. The summed E-state index contributed by atoms with van der Waals surface area (Å²) >= 11 is 1.54. The number of likely N-dealkylation sites (tertiary alicyclic amines) is 1. The van der Waals surface area contributed by atoms with Gasteiger partial charge in [-0.2, -0.15) is 0 Å². The summed E-state index contributed by atoms with van der Waals surface area (Å²) in [5.74, 6) is -0.451. The first-order chi connectivity index (χ1) is 13.4. The van der Waals surface area contributed by atoms with Crippen molar-refractivity contribution in [2.24, 2.45) is 5.92 Å². The van der Waals surface area contributed by atoms with Crippen molar-refractivity contribution in [1.29, 1.82) is 0 Å². The molecule has 0 aliphatic carbocycles. The van der Waals surface area contributed by atoms with E-state index in [1.54, 1.807) is 17.0 Å². The number of amides is 2. The highest BCUT2D eigenvalue weighted by Gasteiger charge is 2.22. The van der Waals surface area contributed by atoms with Crippen molar-refractivity contribution in [2.75, 3.05) is 13.1 Å². The lowest BCUT2D eigenvalue weighted by Gasteiger charge is -2.30. The second-order valence-electron chi connectivity index (χ2n) is 7.54. The van der Waals surface area contributed by atoms with Crippen molar-refractivity contribution in [1.82, 2.24) is 15.2 Å². The Morgan fingerprint density at radius 1 is 1.39 bits per heavy atom. The fraction of sp³-hybridized carbons (Fsp3) is 0.476. The Balaban J connectivity index is 1.66. The smallest absolute Gasteiger partial charge is 0.254 e. The van der Waals surface area contributed by atoms with Crippen LogP contribution in [-0.2, 0) is 4.79 Å². The number of nitrogens with zero attached hydrogens (tertiary/aromatic N) is 2. The fourth-order valence-electron chi connectivity index (χ4n) is 3.79. The number of hydrogen-bond donors (Lipinski definition) is 1. The number of benzene rings is 1. The first-order valence-corrected chi connectivity index (χ1v) is 10.4. The lowest BCUT2D eigenvalue weighted by molar-refractivity contribution is -0.119. The van der Waals surface area contributed by atoms with Gasteiger partial charge in [0.1, 0.15) is 5.82 Å². The van der Waals surface area contributed by atoms with Gasteiger partial charge in [-0.1, -0.05) is 6.07 Å². The molecule has 1 aromatic carbocycles. The van der Waals surface area contributed by atoms with E-state index in [4.69, 9.17) is 0 Å². The van der Waals surface area contributed by atoms with Crippen molar-refractivity contribution in [3.8, 4) is 10.4 Å². The summed E-state index contributed by atoms with van der Waals surface area (Å²) in [7, 11) is 0. The van der Waals surface area contributed by atoms with E-state index in [9.17, 15) is 14.0 Å². The first-order valence-electron chi connectivity index (χ1n) is 9.61. The zero-order valence-corrected chi connectivity index (χ0v) is 17.3. The molecule has 7 heteroatoms. The molecule has 0 saturated carbocycles. The molecule has 2 heterocycles. The van der Waals surface area contributed by atoms with Crippen LogP contribution in [0.2, 0.25) is 0 Å². The van der Waals surface area contributed by atoms with E-state index in [0.29, 0.717) is 5.92 Å². The number of aryl methyl sites for hydroxylation is 2. The Morgan fingerprint density at radius 2 is 2.11 bits per heavy atom. The van der Waals surface area contributed by atoms with Gasteiger partial charge in [0.05, 0.1) is 21.1 Å². The SMILES string of the molecule is Cc1nc(C)c(-c2ccc(F)c(C(=O)N[C@@H](C)CC3CCN(C=O)CC3)c2)s1. The maximum absolute atomic E-state index is 14.3. The molecule has 2 amide bonds. The summed E-state index contributed by atoms with van der Waals surface area (Å²) in [5.41, 5.74) is 1.75. The van der Waals surface area contributed by atoms with Crippen molar-refractivity contribution < 1.29 is 14.0 Å². The summed E-state index contributed by atoms with van der Waals surface area (Å²) in [6.07, 6.45) is 3.59. The van der Waals surface area contributed by atoms with E-state index < -0.39 is 11.7 Å². The first kappa shape index (κ1) is 20.5. The molecule has 3 rings (SSSR count). The Kier molecular flexibility index (Phi) is 6.44. The Morgan fingerprint density at radius 3 is 2.71 bits per heavy atom. The van der Waals surface area contributed by atoms with Crippen LogP contribution in [-0.4, -0.2) is 41.3 Å². The minimum atomic E-state index is -0.522. The number of rotatable bonds is 6. The Hall–Kier alpha value is -2.28. The molecule has 1 aliphatic heterocycles. The Bertz CT molecular complexity index is 859. The highest BCUT2D eigenvalue weighted by molar-refractivity contribution is 7.15. The van der Waals surface area contributed by atoms with Crippen LogP contribution < -0.4 is 5.32 Å². The molecule has 0 bridgehead atoms. The Labute approximate surface area is 169 Å². The number of carbonyl (C=O) groups excluding carboxylic acids is 2. The van der Waals surface area contributed by atoms with Gasteiger partial charge in [-0.3, -0.25) is 9.59 Å². The highest BCUT2D eigenvalue weighted by Crippen LogP contribution is 2.31. The number of thiazole rings is 1. The van der Waals surface area contributed by atoms with E-state index in [2.05, 4.69) is 10.3 Å².